The first-order valence-corrected chi connectivity index (χ1v) is 3.28. The second-order valence-electron chi connectivity index (χ2n) is 1.22. The Bertz CT molecular complexity index is 111. The Balaban J connectivity index is 3.49. The van der Waals surface area contributed by atoms with Crippen LogP contribution < -0.4 is 5.73 Å². The van der Waals surface area contributed by atoms with Gasteiger partial charge in [0.05, 0.1) is 4.91 Å². The SMILES string of the molecule is C=C(SCC)C(N)=O. The molecule has 0 bridgehead atoms. The van der Waals surface area contributed by atoms with Crippen LogP contribution in [0, 0.1) is 0 Å². The van der Waals surface area contributed by atoms with Gasteiger partial charge < -0.3 is 5.73 Å². The third-order valence-corrected chi connectivity index (χ3v) is 1.43. The van der Waals surface area contributed by atoms with Crippen molar-refractivity contribution in [3.63, 3.8) is 0 Å². The van der Waals surface area contributed by atoms with Crippen LogP contribution in [0.25, 0.3) is 0 Å². The summed E-state index contributed by atoms with van der Waals surface area (Å²) in [7, 11) is 0. The summed E-state index contributed by atoms with van der Waals surface area (Å²) in [6, 6.07) is 0. The van der Waals surface area contributed by atoms with Crippen LogP contribution in [-0.4, -0.2) is 11.7 Å². The van der Waals surface area contributed by atoms with Crippen molar-refractivity contribution >= 4 is 17.7 Å². The van der Waals surface area contributed by atoms with Gasteiger partial charge in [0, 0.05) is 0 Å². The van der Waals surface area contributed by atoms with E-state index in [4.69, 9.17) is 5.73 Å². The quantitative estimate of drug-likeness (QED) is 0.574. The molecule has 2 nitrogen and oxygen atoms in total. The van der Waals surface area contributed by atoms with E-state index in [9.17, 15) is 4.79 Å². The summed E-state index contributed by atoms with van der Waals surface area (Å²) in [4.78, 5) is 10.6. The Hall–Kier alpha value is -0.440. The third kappa shape index (κ3) is 2.69. The van der Waals surface area contributed by atoms with Crippen LogP contribution in [0.1, 0.15) is 6.92 Å². The van der Waals surface area contributed by atoms with Crippen LogP contribution in [-0.2, 0) is 4.79 Å². The Morgan fingerprint density at radius 1 is 1.88 bits per heavy atom. The first kappa shape index (κ1) is 7.56. The van der Waals surface area contributed by atoms with E-state index in [0.29, 0.717) is 4.91 Å². The molecule has 2 N–H and O–H groups in total. The van der Waals surface area contributed by atoms with Gasteiger partial charge >= 0.3 is 0 Å². The Morgan fingerprint density at radius 3 is 2.50 bits per heavy atom. The normalized spacial score (nSPS) is 8.62. The van der Waals surface area contributed by atoms with Crippen molar-refractivity contribution in [2.75, 3.05) is 5.75 Å². The zero-order valence-corrected chi connectivity index (χ0v) is 5.62. The van der Waals surface area contributed by atoms with E-state index in [1.807, 2.05) is 6.92 Å². The summed E-state index contributed by atoms with van der Waals surface area (Å²) in [5.74, 6) is 0.429. The average molecular weight is 131 g/mol. The summed E-state index contributed by atoms with van der Waals surface area (Å²) >= 11 is 1.37. The molecule has 0 heterocycles. The fraction of sp³-hybridized carbons (Fsp3) is 0.400. The highest BCUT2D eigenvalue weighted by molar-refractivity contribution is 8.03. The minimum Gasteiger partial charge on any atom is -0.365 e. The van der Waals surface area contributed by atoms with Crippen LogP contribution in [0.4, 0.5) is 0 Å². The van der Waals surface area contributed by atoms with Gasteiger partial charge in [-0.05, 0) is 5.75 Å². The first-order chi connectivity index (χ1) is 3.68. The molecule has 46 valence electrons. The predicted octanol–water partition coefficient (Wildman–Crippen LogP) is 0.738. The Morgan fingerprint density at radius 2 is 2.38 bits per heavy atom. The molecule has 0 aliphatic rings. The lowest BCUT2D eigenvalue weighted by Gasteiger charge is -1.93. The molecule has 0 rings (SSSR count). The Labute approximate surface area is 53.1 Å². The predicted molar refractivity (Wildman–Crippen MR) is 36.5 cm³/mol. The highest BCUT2D eigenvalue weighted by Gasteiger charge is 1.97. The van der Waals surface area contributed by atoms with E-state index in [2.05, 4.69) is 6.58 Å². The maximum atomic E-state index is 10.2. The van der Waals surface area contributed by atoms with Gasteiger partial charge in [0.1, 0.15) is 0 Å². The standard InChI is InChI=1S/C5H9NOS/c1-3-8-4(2)5(6)7/h2-3H2,1H3,(H2,6,7). The molecule has 8 heavy (non-hydrogen) atoms. The minimum absolute atomic E-state index is 0.420. The average Bonchev–Trinajstić information content (AvgIpc) is 1.67. The van der Waals surface area contributed by atoms with Gasteiger partial charge in [0.25, 0.3) is 5.91 Å². The topological polar surface area (TPSA) is 43.1 Å². The van der Waals surface area contributed by atoms with Crippen LogP contribution in [0.3, 0.4) is 0 Å². The van der Waals surface area contributed by atoms with E-state index in [0.717, 1.165) is 5.75 Å². The van der Waals surface area contributed by atoms with Gasteiger partial charge in [-0.1, -0.05) is 13.5 Å². The number of hydrogen-bond donors (Lipinski definition) is 1. The van der Waals surface area contributed by atoms with E-state index in [-0.39, 0.29) is 0 Å². The zero-order valence-electron chi connectivity index (χ0n) is 4.81. The van der Waals surface area contributed by atoms with Crippen LogP contribution in [0.15, 0.2) is 11.5 Å². The Kier molecular flexibility index (Phi) is 3.35. The molecule has 0 radical (unpaired) electrons. The summed E-state index contributed by atoms with van der Waals surface area (Å²) < 4.78 is 0. The van der Waals surface area contributed by atoms with Crippen LogP contribution in [0.5, 0.6) is 0 Å². The molecule has 0 aromatic carbocycles. The summed E-state index contributed by atoms with van der Waals surface area (Å²) in [5, 5.41) is 0. The maximum Gasteiger partial charge on any atom is 0.254 e. The highest BCUT2D eigenvalue weighted by Crippen LogP contribution is 2.10. The number of amides is 1. The number of carbonyl (C=O) groups is 1. The van der Waals surface area contributed by atoms with Gasteiger partial charge in [-0.15, -0.1) is 11.8 Å². The third-order valence-electron chi connectivity index (χ3n) is 0.593. The molecular formula is C5H9NOS. The van der Waals surface area contributed by atoms with Crippen molar-refractivity contribution in [2.45, 2.75) is 6.92 Å². The summed E-state index contributed by atoms with van der Waals surface area (Å²) in [6.07, 6.45) is 0. The fourth-order valence-corrected chi connectivity index (χ4v) is 0.736. The fourth-order valence-electron chi connectivity index (χ4n) is 0.245. The largest absolute Gasteiger partial charge is 0.365 e. The lowest BCUT2D eigenvalue weighted by atomic mass is 10.6. The summed E-state index contributed by atoms with van der Waals surface area (Å²) in [5.41, 5.74) is 4.86. The molecule has 0 unspecified atom stereocenters. The first-order valence-electron chi connectivity index (χ1n) is 2.30. The molecule has 0 spiro atoms. The minimum atomic E-state index is -0.420. The molecular weight excluding hydrogens is 122 g/mol. The maximum absolute atomic E-state index is 10.2. The molecule has 3 heteroatoms. The van der Waals surface area contributed by atoms with Crippen LogP contribution in [0.2, 0.25) is 0 Å². The molecule has 0 fully saturated rings. The van der Waals surface area contributed by atoms with Crippen molar-refractivity contribution in [3.8, 4) is 0 Å². The van der Waals surface area contributed by atoms with E-state index < -0.39 is 5.91 Å². The van der Waals surface area contributed by atoms with Gasteiger partial charge in [-0.2, -0.15) is 0 Å². The van der Waals surface area contributed by atoms with E-state index >= 15 is 0 Å². The van der Waals surface area contributed by atoms with Crippen molar-refractivity contribution in [3.05, 3.63) is 11.5 Å². The van der Waals surface area contributed by atoms with E-state index in [1.165, 1.54) is 11.8 Å². The van der Waals surface area contributed by atoms with Gasteiger partial charge in [-0.3, -0.25) is 4.79 Å². The number of primary amides is 1. The lowest BCUT2D eigenvalue weighted by molar-refractivity contribution is -0.113. The highest BCUT2D eigenvalue weighted by atomic mass is 32.2. The van der Waals surface area contributed by atoms with E-state index in [1.54, 1.807) is 0 Å². The van der Waals surface area contributed by atoms with Crippen LogP contribution >= 0.6 is 11.8 Å². The number of thioether (sulfide) groups is 1. The van der Waals surface area contributed by atoms with Gasteiger partial charge in [0.2, 0.25) is 0 Å². The number of hydrogen-bond acceptors (Lipinski definition) is 2. The van der Waals surface area contributed by atoms with Gasteiger partial charge in [0.15, 0.2) is 0 Å². The molecule has 0 aromatic heterocycles. The lowest BCUT2D eigenvalue weighted by Crippen LogP contribution is -2.10. The number of rotatable bonds is 3. The molecule has 0 saturated heterocycles. The molecule has 1 amide bonds. The number of carbonyl (C=O) groups excluding carboxylic acids is 1. The second-order valence-corrected chi connectivity index (χ2v) is 2.58. The van der Waals surface area contributed by atoms with Gasteiger partial charge in [-0.25, -0.2) is 0 Å². The molecule has 0 saturated carbocycles. The molecule has 0 atom stereocenters. The summed E-state index contributed by atoms with van der Waals surface area (Å²) in [6.45, 7) is 5.38. The van der Waals surface area contributed by atoms with Crippen molar-refractivity contribution in [2.24, 2.45) is 5.73 Å². The number of nitrogens with two attached hydrogens (primary N) is 1. The van der Waals surface area contributed by atoms with Crippen molar-refractivity contribution < 1.29 is 4.79 Å². The monoisotopic (exact) mass is 131 g/mol. The smallest absolute Gasteiger partial charge is 0.254 e. The second kappa shape index (κ2) is 3.55. The van der Waals surface area contributed by atoms with Crippen molar-refractivity contribution in [1.82, 2.24) is 0 Å². The van der Waals surface area contributed by atoms with Crippen molar-refractivity contribution in [1.29, 1.82) is 0 Å². The molecule has 0 aliphatic carbocycles. The zero-order chi connectivity index (χ0) is 6.57. The molecule has 0 aromatic rings. The molecule has 0 aliphatic heterocycles.